The van der Waals surface area contributed by atoms with Crippen LogP contribution in [-0.2, 0) is 4.79 Å². The van der Waals surface area contributed by atoms with Crippen molar-refractivity contribution in [3.63, 3.8) is 0 Å². The molecule has 0 radical (unpaired) electrons. The Morgan fingerprint density at radius 1 is 1.04 bits per heavy atom. The fourth-order valence-corrected chi connectivity index (χ4v) is 3.43. The maximum atomic E-state index is 13.0. The van der Waals surface area contributed by atoms with Crippen LogP contribution in [-0.4, -0.2) is 26.1 Å². The molecule has 2 aromatic rings. The van der Waals surface area contributed by atoms with E-state index in [-0.39, 0.29) is 11.9 Å². The lowest BCUT2D eigenvalue weighted by molar-refractivity contribution is -0.926. The number of methoxy groups -OCH3 is 1. The molecule has 4 nitrogen and oxygen atoms in total. The van der Waals surface area contributed by atoms with E-state index in [4.69, 9.17) is 4.74 Å². The van der Waals surface area contributed by atoms with E-state index < -0.39 is 0 Å². The van der Waals surface area contributed by atoms with Gasteiger partial charge in [-0.3, -0.25) is 4.79 Å². The molecule has 1 saturated heterocycles. The van der Waals surface area contributed by atoms with Crippen LogP contribution in [0.5, 0.6) is 5.75 Å². The van der Waals surface area contributed by atoms with Crippen molar-refractivity contribution in [1.29, 1.82) is 0 Å². The monoisotopic (exact) mass is 325 g/mol. The first kappa shape index (κ1) is 16.5. The van der Waals surface area contributed by atoms with Gasteiger partial charge in [0.1, 0.15) is 5.75 Å². The predicted molar refractivity (Wildman–Crippen MR) is 95.4 cm³/mol. The minimum atomic E-state index is -0.169. The van der Waals surface area contributed by atoms with Crippen LogP contribution in [0.25, 0.3) is 0 Å². The third-order valence-electron chi connectivity index (χ3n) is 4.64. The Morgan fingerprint density at radius 2 is 1.79 bits per heavy atom. The second kappa shape index (κ2) is 7.97. The summed E-state index contributed by atoms with van der Waals surface area (Å²) in [6.07, 6.45) is 3.64. The lowest BCUT2D eigenvalue weighted by Gasteiger charge is -2.31. The Balaban J connectivity index is 1.82. The van der Waals surface area contributed by atoms with Crippen molar-refractivity contribution >= 4 is 11.6 Å². The van der Waals surface area contributed by atoms with E-state index in [0.29, 0.717) is 0 Å². The van der Waals surface area contributed by atoms with Crippen LogP contribution in [0.1, 0.15) is 30.9 Å². The molecule has 0 bridgehead atoms. The van der Waals surface area contributed by atoms with Crippen molar-refractivity contribution in [3.8, 4) is 5.75 Å². The smallest absolute Gasteiger partial charge is 0.287 e. The van der Waals surface area contributed by atoms with Gasteiger partial charge in [-0.1, -0.05) is 36.4 Å². The van der Waals surface area contributed by atoms with E-state index in [1.165, 1.54) is 24.2 Å². The molecular weight excluding hydrogens is 300 g/mol. The number of hydrogen-bond donors (Lipinski definition) is 2. The van der Waals surface area contributed by atoms with Crippen molar-refractivity contribution < 1.29 is 14.4 Å². The molecule has 0 unspecified atom stereocenters. The Labute approximate surface area is 143 Å². The zero-order valence-corrected chi connectivity index (χ0v) is 14.1. The van der Waals surface area contributed by atoms with Crippen LogP contribution in [0, 0.1) is 0 Å². The maximum absolute atomic E-state index is 13.0. The molecule has 2 aromatic carbocycles. The number of benzene rings is 2. The standard InChI is InChI=1S/C20H24N2O2/c1-24-18-12-8-11-17(15-18)21-20(23)19(16-9-4-2-5-10-16)22-13-6-3-7-14-22/h2,4-5,8-12,15,19H,3,6-7,13-14H2,1H3,(H,21,23)/p+1/t19-/m0/s1. The molecule has 1 fully saturated rings. The van der Waals surface area contributed by atoms with Gasteiger partial charge in [-0.2, -0.15) is 0 Å². The fourth-order valence-electron chi connectivity index (χ4n) is 3.43. The van der Waals surface area contributed by atoms with E-state index in [0.717, 1.165) is 30.1 Å². The van der Waals surface area contributed by atoms with Gasteiger partial charge in [0.05, 0.1) is 20.2 Å². The molecular formula is C20H25N2O2+. The zero-order chi connectivity index (χ0) is 16.8. The van der Waals surface area contributed by atoms with Crippen LogP contribution < -0.4 is 15.0 Å². The first-order valence-corrected chi connectivity index (χ1v) is 8.62. The van der Waals surface area contributed by atoms with Gasteiger partial charge in [0.2, 0.25) is 0 Å². The van der Waals surface area contributed by atoms with Crippen molar-refractivity contribution in [3.05, 3.63) is 60.2 Å². The van der Waals surface area contributed by atoms with Crippen LogP contribution in [0.15, 0.2) is 54.6 Å². The summed E-state index contributed by atoms with van der Waals surface area (Å²) in [6, 6.07) is 17.5. The van der Waals surface area contributed by atoms with Gasteiger partial charge in [0.25, 0.3) is 5.91 Å². The van der Waals surface area contributed by atoms with Gasteiger partial charge in [-0.05, 0) is 31.4 Å². The SMILES string of the molecule is COc1cccc(NC(=O)[C@H](c2ccccc2)[NH+]2CCCCC2)c1. The number of piperidine rings is 1. The average Bonchev–Trinajstić information content (AvgIpc) is 2.64. The number of carbonyl (C=O) groups is 1. The number of rotatable bonds is 5. The summed E-state index contributed by atoms with van der Waals surface area (Å²) in [5.41, 5.74) is 1.85. The number of anilines is 1. The summed E-state index contributed by atoms with van der Waals surface area (Å²) >= 11 is 0. The van der Waals surface area contributed by atoms with E-state index in [9.17, 15) is 4.79 Å². The predicted octanol–water partition coefficient (Wildman–Crippen LogP) is 2.44. The maximum Gasteiger partial charge on any atom is 0.287 e. The van der Waals surface area contributed by atoms with Gasteiger partial charge in [-0.15, -0.1) is 0 Å². The summed E-state index contributed by atoms with van der Waals surface area (Å²) in [5.74, 6) is 0.792. The van der Waals surface area contributed by atoms with Crippen molar-refractivity contribution in [2.45, 2.75) is 25.3 Å². The van der Waals surface area contributed by atoms with Gasteiger partial charge in [0, 0.05) is 17.3 Å². The molecule has 1 atom stereocenters. The highest BCUT2D eigenvalue weighted by atomic mass is 16.5. The highest BCUT2D eigenvalue weighted by Crippen LogP contribution is 2.19. The second-order valence-electron chi connectivity index (χ2n) is 6.28. The zero-order valence-electron chi connectivity index (χ0n) is 14.1. The first-order chi connectivity index (χ1) is 11.8. The number of likely N-dealkylation sites (tertiary alicyclic amines) is 1. The van der Waals surface area contributed by atoms with E-state index in [2.05, 4.69) is 17.4 Å². The number of amides is 1. The normalized spacial score (nSPS) is 16.4. The Morgan fingerprint density at radius 3 is 2.50 bits per heavy atom. The second-order valence-corrected chi connectivity index (χ2v) is 6.28. The number of quaternary nitrogens is 1. The highest BCUT2D eigenvalue weighted by molar-refractivity contribution is 5.94. The quantitative estimate of drug-likeness (QED) is 0.887. The van der Waals surface area contributed by atoms with Crippen molar-refractivity contribution in [2.24, 2.45) is 0 Å². The minimum Gasteiger partial charge on any atom is -0.497 e. The van der Waals surface area contributed by atoms with E-state index in [1.807, 2.05) is 42.5 Å². The van der Waals surface area contributed by atoms with Gasteiger partial charge in [0.15, 0.2) is 6.04 Å². The summed E-state index contributed by atoms with van der Waals surface area (Å²) in [5, 5.41) is 3.07. The van der Waals surface area contributed by atoms with E-state index in [1.54, 1.807) is 7.11 Å². The Kier molecular flexibility index (Phi) is 5.49. The molecule has 0 spiro atoms. The third-order valence-corrected chi connectivity index (χ3v) is 4.64. The first-order valence-electron chi connectivity index (χ1n) is 8.62. The molecule has 126 valence electrons. The molecule has 2 N–H and O–H groups in total. The highest BCUT2D eigenvalue weighted by Gasteiger charge is 2.32. The van der Waals surface area contributed by atoms with E-state index >= 15 is 0 Å². The Bertz CT molecular complexity index is 666. The van der Waals surface area contributed by atoms with Crippen molar-refractivity contribution in [1.82, 2.24) is 0 Å². The summed E-state index contributed by atoms with van der Waals surface area (Å²) in [4.78, 5) is 14.4. The van der Waals surface area contributed by atoms with Crippen LogP contribution in [0.3, 0.4) is 0 Å². The summed E-state index contributed by atoms with van der Waals surface area (Å²) < 4.78 is 5.24. The van der Waals surface area contributed by atoms with Crippen molar-refractivity contribution in [2.75, 3.05) is 25.5 Å². The molecule has 1 heterocycles. The van der Waals surface area contributed by atoms with Crippen LogP contribution >= 0.6 is 0 Å². The topological polar surface area (TPSA) is 42.8 Å². The molecule has 4 heteroatoms. The number of ether oxygens (including phenoxy) is 1. The van der Waals surface area contributed by atoms with Gasteiger partial charge < -0.3 is 15.0 Å². The largest absolute Gasteiger partial charge is 0.497 e. The summed E-state index contributed by atoms with van der Waals surface area (Å²) in [6.45, 7) is 2.09. The Hall–Kier alpha value is -2.33. The molecule has 0 aliphatic carbocycles. The number of hydrogen-bond acceptors (Lipinski definition) is 2. The molecule has 0 saturated carbocycles. The lowest BCUT2D eigenvalue weighted by atomic mass is 10.0. The molecule has 3 rings (SSSR count). The lowest BCUT2D eigenvalue weighted by Crippen LogP contribution is -3.14. The molecule has 1 aliphatic rings. The molecule has 1 amide bonds. The third kappa shape index (κ3) is 3.95. The molecule has 24 heavy (non-hydrogen) atoms. The van der Waals surface area contributed by atoms with Crippen LogP contribution in [0.2, 0.25) is 0 Å². The van der Waals surface area contributed by atoms with Gasteiger partial charge in [-0.25, -0.2) is 0 Å². The molecule has 0 aromatic heterocycles. The molecule has 1 aliphatic heterocycles. The average molecular weight is 325 g/mol. The number of nitrogens with one attached hydrogen (secondary N) is 2. The summed E-state index contributed by atoms with van der Waals surface area (Å²) in [7, 11) is 1.63. The van der Waals surface area contributed by atoms with Gasteiger partial charge >= 0.3 is 0 Å². The fraction of sp³-hybridized carbons (Fsp3) is 0.350. The number of carbonyl (C=O) groups excluding carboxylic acids is 1. The minimum absolute atomic E-state index is 0.0475. The van der Waals surface area contributed by atoms with Crippen LogP contribution in [0.4, 0.5) is 5.69 Å².